The summed E-state index contributed by atoms with van der Waals surface area (Å²) in [6.45, 7) is 3.56. The third-order valence-corrected chi connectivity index (χ3v) is 3.19. The van der Waals surface area contributed by atoms with Gasteiger partial charge in [0.1, 0.15) is 5.75 Å². The first-order chi connectivity index (χ1) is 8.27. The lowest BCUT2D eigenvalue weighted by atomic mass is 9.80. The van der Waals surface area contributed by atoms with Crippen molar-refractivity contribution in [3.05, 3.63) is 28.8 Å². The van der Waals surface area contributed by atoms with Crippen LogP contribution in [0.1, 0.15) is 31.7 Å². The molecule has 1 rings (SSSR count). The lowest BCUT2D eigenvalue weighted by Crippen LogP contribution is -2.40. The van der Waals surface area contributed by atoms with Crippen molar-refractivity contribution in [3.63, 3.8) is 0 Å². The summed E-state index contributed by atoms with van der Waals surface area (Å²) in [4.78, 5) is 11.0. The van der Waals surface area contributed by atoms with E-state index in [-0.39, 0.29) is 6.42 Å². The van der Waals surface area contributed by atoms with Gasteiger partial charge in [-0.15, -0.1) is 0 Å². The van der Waals surface area contributed by atoms with Crippen LogP contribution in [0.4, 0.5) is 0 Å². The van der Waals surface area contributed by atoms with Gasteiger partial charge in [0, 0.05) is 22.0 Å². The number of carboxylic acid groups (broad SMARTS) is 1. The summed E-state index contributed by atoms with van der Waals surface area (Å²) in [6.07, 6.45) is -0.0937. The normalized spacial score (nSPS) is 13.2. The van der Waals surface area contributed by atoms with E-state index in [2.05, 4.69) is 0 Å². The molecule has 18 heavy (non-hydrogen) atoms. The monoisotopic (exact) mass is 271 g/mol. The number of hydrogen-bond donors (Lipinski definition) is 2. The molecule has 4 nitrogen and oxygen atoms in total. The van der Waals surface area contributed by atoms with E-state index in [1.165, 1.54) is 7.11 Å². The highest BCUT2D eigenvalue weighted by molar-refractivity contribution is 6.31. The first kappa shape index (κ1) is 14.8. The van der Waals surface area contributed by atoms with Crippen molar-refractivity contribution in [3.8, 4) is 5.75 Å². The molecule has 0 aliphatic carbocycles. The number of methoxy groups -OCH3 is 1. The highest BCUT2D eigenvalue weighted by atomic mass is 35.5. The molecule has 0 radical (unpaired) electrons. The van der Waals surface area contributed by atoms with Crippen LogP contribution in [0.15, 0.2) is 18.2 Å². The molecule has 0 aliphatic heterocycles. The Balaban J connectivity index is 3.33. The second-order valence-electron chi connectivity index (χ2n) is 4.83. The minimum atomic E-state index is -0.916. The average Bonchev–Trinajstić information content (AvgIpc) is 2.24. The zero-order chi connectivity index (χ0) is 13.9. The van der Waals surface area contributed by atoms with Crippen molar-refractivity contribution < 1.29 is 14.6 Å². The Hall–Kier alpha value is -1.26. The fourth-order valence-electron chi connectivity index (χ4n) is 1.95. The molecule has 1 atom stereocenters. The van der Waals surface area contributed by atoms with Crippen LogP contribution in [0.25, 0.3) is 0 Å². The summed E-state index contributed by atoms with van der Waals surface area (Å²) < 4.78 is 5.25. The molecule has 5 heteroatoms. The third kappa shape index (κ3) is 3.37. The number of hydrogen-bond acceptors (Lipinski definition) is 3. The Morgan fingerprint density at radius 3 is 2.61 bits per heavy atom. The maximum Gasteiger partial charge on any atom is 0.304 e. The largest absolute Gasteiger partial charge is 0.496 e. The molecule has 100 valence electrons. The fourth-order valence-corrected chi connectivity index (χ4v) is 2.24. The Labute approximate surface area is 112 Å². The summed E-state index contributed by atoms with van der Waals surface area (Å²) in [5.74, 6) is -0.772. The number of carboxylic acids is 1. The first-order valence-electron chi connectivity index (χ1n) is 5.60. The van der Waals surface area contributed by atoms with Crippen molar-refractivity contribution in [1.29, 1.82) is 0 Å². The Morgan fingerprint density at radius 2 is 2.17 bits per heavy atom. The van der Waals surface area contributed by atoms with Crippen molar-refractivity contribution >= 4 is 17.6 Å². The summed E-state index contributed by atoms with van der Waals surface area (Å²) in [7, 11) is 1.52. The van der Waals surface area contributed by atoms with E-state index >= 15 is 0 Å². The molecule has 1 aromatic carbocycles. The van der Waals surface area contributed by atoms with Crippen molar-refractivity contribution in [2.45, 2.75) is 31.7 Å². The Morgan fingerprint density at radius 1 is 1.56 bits per heavy atom. The van der Waals surface area contributed by atoms with E-state index in [9.17, 15) is 4.79 Å². The molecule has 0 aromatic heterocycles. The zero-order valence-corrected chi connectivity index (χ0v) is 11.5. The molecule has 0 heterocycles. The molecular weight excluding hydrogens is 254 g/mol. The third-order valence-electron chi connectivity index (χ3n) is 2.86. The van der Waals surface area contributed by atoms with Crippen LogP contribution in [-0.2, 0) is 4.79 Å². The van der Waals surface area contributed by atoms with Crippen molar-refractivity contribution in [2.75, 3.05) is 7.11 Å². The minimum Gasteiger partial charge on any atom is -0.496 e. The van der Waals surface area contributed by atoms with Gasteiger partial charge in [-0.05, 0) is 26.0 Å². The van der Waals surface area contributed by atoms with E-state index in [1.54, 1.807) is 32.0 Å². The molecule has 0 amide bonds. The van der Waals surface area contributed by atoms with Crippen LogP contribution >= 0.6 is 11.6 Å². The van der Waals surface area contributed by atoms with E-state index < -0.39 is 17.4 Å². The number of nitrogens with two attached hydrogens (primary N) is 1. The SMILES string of the molecule is COc1cccc(Cl)c1C(CC(=O)O)C(C)(C)N. The topological polar surface area (TPSA) is 72.5 Å². The molecule has 1 unspecified atom stereocenters. The minimum absolute atomic E-state index is 0.0937. The molecule has 0 spiro atoms. The molecule has 0 aliphatic rings. The van der Waals surface area contributed by atoms with E-state index in [0.717, 1.165) is 0 Å². The maximum atomic E-state index is 11.0. The first-order valence-corrected chi connectivity index (χ1v) is 5.98. The van der Waals surface area contributed by atoms with Crippen LogP contribution < -0.4 is 10.5 Å². The lowest BCUT2D eigenvalue weighted by molar-refractivity contribution is -0.137. The Bertz CT molecular complexity index is 440. The molecular formula is C13H18ClNO3. The van der Waals surface area contributed by atoms with Gasteiger partial charge < -0.3 is 15.6 Å². The Kier molecular flexibility index (Phi) is 4.59. The number of rotatable bonds is 5. The quantitative estimate of drug-likeness (QED) is 0.863. The number of benzene rings is 1. The van der Waals surface area contributed by atoms with Gasteiger partial charge in [-0.2, -0.15) is 0 Å². The highest BCUT2D eigenvalue weighted by Gasteiger charge is 2.32. The van der Waals surface area contributed by atoms with E-state index in [4.69, 9.17) is 27.2 Å². The predicted molar refractivity (Wildman–Crippen MR) is 71.3 cm³/mol. The van der Waals surface area contributed by atoms with Crippen molar-refractivity contribution in [2.24, 2.45) is 5.73 Å². The summed E-state index contributed by atoms with van der Waals surface area (Å²) in [6, 6.07) is 5.22. The highest BCUT2D eigenvalue weighted by Crippen LogP contribution is 2.40. The molecule has 0 fully saturated rings. The summed E-state index contributed by atoms with van der Waals surface area (Å²) in [5, 5.41) is 9.49. The van der Waals surface area contributed by atoms with Crippen LogP contribution in [-0.4, -0.2) is 23.7 Å². The van der Waals surface area contributed by atoms with Gasteiger partial charge in [0.15, 0.2) is 0 Å². The van der Waals surface area contributed by atoms with Crippen LogP contribution in [0.3, 0.4) is 0 Å². The van der Waals surface area contributed by atoms with Crippen LogP contribution in [0, 0.1) is 0 Å². The van der Waals surface area contributed by atoms with E-state index in [0.29, 0.717) is 16.3 Å². The van der Waals surface area contributed by atoms with Gasteiger partial charge in [0.2, 0.25) is 0 Å². The molecule has 0 bridgehead atoms. The summed E-state index contributed by atoms with van der Waals surface area (Å²) in [5.41, 5.74) is 6.01. The van der Waals surface area contributed by atoms with Crippen LogP contribution in [0.2, 0.25) is 5.02 Å². The van der Waals surface area contributed by atoms with Gasteiger partial charge in [0.05, 0.1) is 13.5 Å². The van der Waals surface area contributed by atoms with Crippen molar-refractivity contribution in [1.82, 2.24) is 0 Å². The fraction of sp³-hybridized carbons (Fsp3) is 0.462. The van der Waals surface area contributed by atoms with Crippen LogP contribution in [0.5, 0.6) is 5.75 Å². The second kappa shape index (κ2) is 5.59. The number of halogens is 1. The predicted octanol–water partition coefficient (Wildman–Crippen LogP) is 2.64. The van der Waals surface area contributed by atoms with Gasteiger partial charge in [-0.25, -0.2) is 0 Å². The smallest absolute Gasteiger partial charge is 0.304 e. The number of carbonyl (C=O) groups is 1. The van der Waals surface area contributed by atoms with Gasteiger partial charge in [-0.1, -0.05) is 17.7 Å². The maximum absolute atomic E-state index is 11.0. The average molecular weight is 272 g/mol. The number of aliphatic carboxylic acids is 1. The molecule has 0 saturated heterocycles. The summed E-state index contributed by atoms with van der Waals surface area (Å²) >= 11 is 6.16. The number of ether oxygens (including phenoxy) is 1. The van der Waals surface area contributed by atoms with E-state index in [1.807, 2.05) is 0 Å². The lowest BCUT2D eigenvalue weighted by Gasteiger charge is -2.31. The molecule has 1 aromatic rings. The second-order valence-corrected chi connectivity index (χ2v) is 5.23. The van der Waals surface area contributed by atoms with Gasteiger partial charge in [-0.3, -0.25) is 4.79 Å². The molecule has 0 saturated carbocycles. The zero-order valence-electron chi connectivity index (χ0n) is 10.7. The molecule has 3 N–H and O–H groups in total. The standard InChI is InChI=1S/C13H18ClNO3/c1-13(2,15)8(7-11(16)17)12-9(14)5-4-6-10(12)18-3/h4-6,8H,7,15H2,1-3H3,(H,16,17). The van der Waals surface area contributed by atoms with Gasteiger partial charge >= 0.3 is 5.97 Å². The van der Waals surface area contributed by atoms with Gasteiger partial charge in [0.25, 0.3) is 0 Å².